The van der Waals surface area contributed by atoms with Crippen LogP contribution in [0.3, 0.4) is 0 Å². The largest absolute Gasteiger partial charge is 0.461 e. The van der Waals surface area contributed by atoms with E-state index in [1.165, 1.54) is 5.57 Å². The molecule has 0 spiro atoms. The van der Waals surface area contributed by atoms with Gasteiger partial charge in [0, 0.05) is 6.20 Å². The number of allylic oxidation sites excluding steroid dienone is 1. The van der Waals surface area contributed by atoms with E-state index in [9.17, 15) is 0 Å². The fourth-order valence-electron chi connectivity index (χ4n) is 0.625. The number of hydrogen-bond donors (Lipinski definition) is 0. The molecule has 3 nitrogen and oxygen atoms in total. The summed E-state index contributed by atoms with van der Waals surface area (Å²) in [4.78, 5) is 7.80. The molecule has 0 saturated carbocycles. The molecule has 0 atom stereocenters. The van der Waals surface area contributed by atoms with Gasteiger partial charge in [0.15, 0.2) is 0 Å². The van der Waals surface area contributed by atoms with Crippen molar-refractivity contribution in [3.63, 3.8) is 0 Å². The third-order valence-electron chi connectivity index (χ3n) is 1.77. The van der Waals surface area contributed by atoms with Gasteiger partial charge in [0.25, 0.3) is 0 Å². The third-order valence-corrected chi connectivity index (χ3v) is 1.77. The molecule has 0 heterocycles. The van der Waals surface area contributed by atoms with E-state index < -0.39 is 0 Å². The molecule has 0 amide bonds. The number of rotatable bonds is 3. The lowest BCUT2D eigenvalue weighted by atomic mass is 10.1. The molecule has 80 valence electrons. The van der Waals surface area contributed by atoms with Crippen LogP contribution in [0.5, 0.6) is 0 Å². The van der Waals surface area contributed by atoms with Crippen LogP contribution >= 0.6 is 0 Å². The van der Waals surface area contributed by atoms with Gasteiger partial charge >= 0.3 is 6.02 Å². The zero-order chi connectivity index (χ0) is 11.1. The fraction of sp³-hybridized carbons (Fsp3) is 0.636. The average molecular weight is 196 g/mol. The molecule has 0 aromatic heterocycles. The van der Waals surface area contributed by atoms with E-state index in [1.807, 2.05) is 20.8 Å². The van der Waals surface area contributed by atoms with Crippen LogP contribution in [0.2, 0.25) is 0 Å². The Balaban J connectivity index is 4.45. The lowest BCUT2D eigenvalue weighted by Gasteiger charge is -2.07. The van der Waals surface area contributed by atoms with Gasteiger partial charge in [-0.2, -0.15) is 0 Å². The molecule has 0 unspecified atom stereocenters. The topological polar surface area (TPSA) is 34.0 Å². The molecule has 0 aromatic carbocycles. The molecule has 0 aliphatic heterocycles. The Morgan fingerprint density at radius 3 is 2.21 bits per heavy atom. The maximum atomic E-state index is 5.31. The smallest absolute Gasteiger partial charge is 0.315 e. The van der Waals surface area contributed by atoms with Crippen molar-refractivity contribution in [2.45, 2.75) is 40.7 Å². The minimum atomic E-state index is 0.0759. The molecular formula is C11H20N2O. The highest BCUT2D eigenvalue weighted by molar-refractivity contribution is 5.79. The summed E-state index contributed by atoms with van der Waals surface area (Å²) in [6.45, 7) is 13.5. The minimum absolute atomic E-state index is 0.0759. The fourth-order valence-corrected chi connectivity index (χ4v) is 0.625. The molecule has 0 fully saturated rings. The highest BCUT2D eigenvalue weighted by Gasteiger charge is 1.99. The number of ether oxygens (including phenoxy) is 1. The Kier molecular flexibility index (Phi) is 5.84. The lowest BCUT2D eigenvalue weighted by Crippen LogP contribution is -2.08. The molecule has 0 bridgehead atoms. The van der Waals surface area contributed by atoms with E-state index in [4.69, 9.17) is 4.74 Å². The van der Waals surface area contributed by atoms with Gasteiger partial charge in [-0.25, -0.2) is 9.98 Å². The second kappa shape index (κ2) is 6.35. The summed E-state index contributed by atoms with van der Waals surface area (Å²) in [7, 11) is 0. The van der Waals surface area contributed by atoms with Gasteiger partial charge < -0.3 is 4.74 Å². The van der Waals surface area contributed by atoms with Crippen LogP contribution < -0.4 is 0 Å². The first-order chi connectivity index (χ1) is 6.47. The van der Waals surface area contributed by atoms with Gasteiger partial charge in [0.2, 0.25) is 0 Å². The summed E-state index contributed by atoms with van der Waals surface area (Å²) in [6, 6.07) is 0.333. The predicted molar refractivity (Wildman–Crippen MR) is 61.8 cm³/mol. The van der Waals surface area contributed by atoms with Crippen LogP contribution in [0.4, 0.5) is 0 Å². The van der Waals surface area contributed by atoms with Crippen molar-refractivity contribution in [1.29, 1.82) is 0 Å². The molecule has 3 heteroatoms. The first-order valence-electron chi connectivity index (χ1n) is 4.85. The molecule has 0 N–H and O–H groups in total. The van der Waals surface area contributed by atoms with E-state index in [2.05, 4.69) is 30.5 Å². The first-order valence-corrected chi connectivity index (χ1v) is 4.85. The molecular weight excluding hydrogens is 176 g/mol. The van der Waals surface area contributed by atoms with Gasteiger partial charge in [0.1, 0.15) is 0 Å². The SMILES string of the molecule is C=N/C(=N\C=C(/C)C(C)C)OC(C)C. The van der Waals surface area contributed by atoms with Crippen molar-refractivity contribution in [2.24, 2.45) is 15.9 Å². The van der Waals surface area contributed by atoms with Crippen LogP contribution in [0.25, 0.3) is 0 Å². The molecule has 0 saturated heterocycles. The van der Waals surface area contributed by atoms with Crippen LogP contribution in [-0.2, 0) is 4.74 Å². The summed E-state index contributed by atoms with van der Waals surface area (Å²) in [6.07, 6.45) is 1.85. The summed E-state index contributed by atoms with van der Waals surface area (Å²) < 4.78 is 5.31. The van der Waals surface area contributed by atoms with E-state index in [0.29, 0.717) is 11.9 Å². The Bertz CT molecular complexity index is 240. The third kappa shape index (κ3) is 5.51. The van der Waals surface area contributed by atoms with Gasteiger partial charge in [0.05, 0.1) is 6.10 Å². The number of aliphatic imine (C=N–C) groups is 2. The summed E-state index contributed by atoms with van der Waals surface area (Å²) in [5.41, 5.74) is 1.19. The highest BCUT2D eigenvalue weighted by atomic mass is 16.5. The van der Waals surface area contributed by atoms with E-state index in [-0.39, 0.29) is 6.10 Å². The van der Waals surface area contributed by atoms with Crippen LogP contribution in [0, 0.1) is 5.92 Å². The van der Waals surface area contributed by atoms with Crippen LogP contribution in [0.15, 0.2) is 21.8 Å². The standard InChI is InChI=1S/C11H20N2O/c1-8(2)10(5)7-13-11(12-6)14-9(3)4/h7-9H,6H2,1-5H3/b10-7+,13-11+. The summed E-state index contributed by atoms with van der Waals surface area (Å²) in [5.74, 6) is 0.490. The highest BCUT2D eigenvalue weighted by Crippen LogP contribution is 2.07. The number of hydrogen-bond acceptors (Lipinski definition) is 2. The molecule has 0 aliphatic carbocycles. The molecule has 0 aliphatic rings. The van der Waals surface area contributed by atoms with Crippen molar-refractivity contribution in [2.75, 3.05) is 0 Å². The summed E-state index contributed by atoms with van der Waals surface area (Å²) in [5, 5.41) is 0. The lowest BCUT2D eigenvalue weighted by molar-refractivity contribution is 0.225. The average Bonchev–Trinajstić information content (AvgIpc) is 2.10. The first kappa shape index (κ1) is 12.9. The van der Waals surface area contributed by atoms with Gasteiger partial charge in [-0.15, -0.1) is 0 Å². The predicted octanol–water partition coefficient (Wildman–Crippen LogP) is 3.03. The number of amidine groups is 1. The van der Waals surface area contributed by atoms with Gasteiger partial charge in [-0.05, 0) is 33.4 Å². The Morgan fingerprint density at radius 2 is 1.86 bits per heavy atom. The molecule has 14 heavy (non-hydrogen) atoms. The number of nitrogens with zero attached hydrogens (tertiary/aromatic N) is 2. The van der Waals surface area contributed by atoms with Crippen molar-refractivity contribution >= 4 is 12.7 Å². The van der Waals surface area contributed by atoms with E-state index in [0.717, 1.165) is 0 Å². The van der Waals surface area contributed by atoms with Crippen molar-refractivity contribution in [3.05, 3.63) is 11.8 Å². The second-order valence-corrected chi connectivity index (χ2v) is 3.76. The minimum Gasteiger partial charge on any atom is -0.461 e. The zero-order valence-electron chi connectivity index (χ0n) is 9.74. The molecule has 0 aromatic rings. The van der Waals surface area contributed by atoms with Crippen molar-refractivity contribution in [3.8, 4) is 0 Å². The Hall–Kier alpha value is -1.12. The maximum absolute atomic E-state index is 5.31. The van der Waals surface area contributed by atoms with Gasteiger partial charge in [-0.1, -0.05) is 19.4 Å². The Morgan fingerprint density at radius 1 is 1.29 bits per heavy atom. The van der Waals surface area contributed by atoms with Gasteiger partial charge in [-0.3, -0.25) is 0 Å². The summed E-state index contributed by atoms with van der Waals surface area (Å²) >= 11 is 0. The van der Waals surface area contributed by atoms with E-state index >= 15 is 0 Å². The molecule has 0 radical (unpaired) electrons. The Labute approximate surface area is 86.6 Å². The van der Waals surface area contributed by atoms with Crippen molar-refractivity contribution < 1.29 is 4.74 Å². The maximum Gasteiger partial charge on any atom is 0.315 e. The normalized spacial score (nSPS) is 13.6. The van der Waals surface area contributed by atoms with E-state index in [1.54, 1.807) is 6.20 Å². The zero-order valence-corrected chi connectivity index (χ0v) is 9.74. The quantitative estimate of drug-likeness (QED) is 0.504. The van der Waals surface area contributed by atoms with Crippen molar-refractivity contribution in [1.82, 2.24) is 0 Å². The van der Waals surface area contributed by atoms with Crippen LogP contribution in [-0.4, -0.2) is 18.8 Å². The second-order valence-electron chi connectivity index (χ2n) is 3.76. The monoisotopic (exact) mass is 196 g/mol. The molecule has 0 rings (SSSR count). The van der Waals surface area contributed by atoms with Crippen LogP contribution in [0.1, 0.15) is 34.6 Å².